The Labute approximate surface area is 122 Å². The normalized spacial score (nSPS) is 23.2. The Morgan fingerprint density at radius 2 is 2.40 bits per heavy atom. The van der Waals surface area contributed by atoms with Crippen LogP contribution in [-0.4, -0.2) is 51.6 Å². The maximum absolute atomic E-state index is 12.7. The Balaban J connectivity index is 1.91. The SMILES string of the molecule is CC1COC(CCl)CN1C(=O)c1cnn2ccccc12. The molecular weight excluding hydrogens is 278 g/mol. The van der Waals surface area contributed by atoms with Crippen LogP contribution in [0, 0.1) is 0 Å². The van der Waals surface area contributed by atoms with E-state index in [-0.39, 0.29) is 18.1 Å². The van der Waals surface area contributed by atoms with Crippen molar-refractivity contribution in [2.24, 2.45) is 0 Å². The van der Waals surface area contributed by atoms with E-state index in [4.69, 9.17) is 16.3 Å². The number of amides is 1. The molecule has 0 aliphatic carbocycles. The molecule has 1 saturated heterocycles. The zero-order valence-corrected chi connectivity index (χ0v) is 12.0. The van der Waals surface area contributed by atoms with Gasteiger partial charge in [-0.25, -0.2) is 4.52 Å². The highest BCUT2D eigenvalue weighted by molar-refractivity contribution is 6.18. The van der Waals surface area contributed by atoms with Crippen molar-refractivity contribution in [2.75, 3.05) is 19.0 Å². The Morgan fingerprint density at radius 3 is 3.20 bits per heavy atom. The van der Waals surface area contributed by atoms with Gasteiger partial charge in [-0.1, -0.05) is 6.07 Å². The number of hydrogen-bond donors (Lipinski definition) is 0. The van der Waals surface area contributed by atoms with Crippen molar-refractivity contribution in [1.29, 1.82) is 0 Å². The Bertz CT molecular complexity index is 628. The third kappa shape index (κ3) is 2.27. The molecule has 2 atom stereocenters. The number of morpholine rings is 1. The Hall–Kier alpha value is -1.59. The van der Waals surface area contributed by atoms with Gasteiger partial charge in [0, 0.05) is 12.7 Å². The van der Waals surface area contributed by atoms with Gasteiger partial charge in [0.05, 0.1) is 41.9 Å². The summed E-state index contributed by atoms with van der Waals surface area (Å²) in [6.45, 7) is 3.02. The molecule has 0 saturated carbocycles. The van der Waals surface area contributed by atoms with E-state index in [1.54, 1.807) is 10.7 Å². The first kappa shape index (κ1) is 13.4. The van der Waals surface area contributed by atoms with E-state index in [1.807, 2.05) is 36.2 Å². The van der Waals surface area contributed by atoms with Gasteiger partial charge in [-0.15, -0.1) is 11.6 Å². The molecule has 2 unspecified atom stereocenters. The van der Waals surface area contributed by atoms with E-state index in [0.29, 0.717) is 24.6 Å². The molecule has 0 spiro atoms. The summed E-state index contributed by atoms with van der Waals surface area (Å²) < 4.78 is 7.28. The minimum Gasteiger partial charge on any atom is -0.373 e. The quantitative estimate of drug-likeness (QED) is 0.793. The van der Waals surface area contributed by atoms with Crippen molar-refractivity contribution in [2.45, 2.75) is 19.1 Å². The molecule has 0 radical (unpaired) electrons. The summed E-state index contributed by atoms with van der Waals surface area (Å²) >= 11 is 5.84. The molecule has 0 N–H and O–H groups in total. The molecule has 106 valence electrons. The highest BCUT2D eigenvalue weighted by Crippen LogP contribution is 2.19. The molecule has 0 bridgehead atoms. The molecule has 1 fully saturated rings. The van der Waals surface area contributed by atoms with E-state index in [9.17, 15) is 4.79 Å². The third-order valence-electron chi connectivity index (χ3n) is 3.60. The van der Waals surface area contributed by atoms with Crippen LogP contribution in [0.3, 0.4) is 0 Å². The summed E-state index contributed by atoms with van der Waals surface area (Å²) in [5, 5.41) is 4.21. The first-order valence-electron chi connectivity index (χ1n) is 6.61. The van der Waals surface area contributed by atoms with Crippen LogP contribution in [0.1, 0.15) is 17.3 Å². The lowest BCUT2D eigenvalue weighted by Crippen LogP contribution is -2.51. The van der Waals surface area contributed by atoms with Gasteiger partial charge >= 0.3 is 0 Å². The van der Waals surface area contributed by atoms with E-state index < -0.39 is 0 Å². The van der Waals surface area contributed by atoms with Gasteiger partial charge in [0.1, 0.15) is 0 Å². The number of nitrogens with zero attached hydrogens (tertiary/aromatic N) is 3. The van der Waals surface area contributed by atoms with Gasteiger partial charge < -0.3 is 9.64 Å². The molecule has 5 nitrogen and oxygen atoms in total. The van der Waals surface area contributed by atoms with Crippen molar-refractivity contribution in [3.05, 3.63) is 36.2 Å². The van der Waals surface area contributed by atoms with Gasteiger partial charge in [-0.05, 0) is 19.1 Å². The summed E-state index contributed by atoms with van der Waals surface area (Å²) in [6.07, 6.45) is 3.35. The van der Waals surface area contributed by atoms with Crippen molar-refractivity contribution >= 4 is 23.0 Å². The number of hydrogen-bond acceptors (Lipinski definition) is 3. The fourth-order valence-electron chi connectivity index (χ4n) is 2.45. The minimum atomic E-state index is -0.0985. The predicted molar refractivity (Wildman–Crippen MR) is 76.2 cm³/mol. The lowest BCUT2D eigenvalue weighted by Gasteiger charge is -2.37. The number of rotatable bonds is 2. The van der Waals surface area contributed by atoms with E-state index >= 15 is 0 Å². The van der Waals surface area contributed by atoms with Crippen molar-refractivity contribution in [1.82, 2.24) is 14.5 Å². The molecule has 2 aromatic rings. The van der Waals surface area contributed by atoms with Crippen LogP contribution in [0.2, 0.25) is 0 Å². The molecule has 6 heteroatoms. The molecule has 20 heavy (non-hydrogen) atoms. The molecule has 1 aliphatic rings. The molecule has 3 heterocycles. The number of halogens is 1. The van der Waals surface area contributed by atoms with E-state index in [0.717, 1.165) is 5.52 Å². The van der Waals surface area contributed by atoms with Gasteiger partial charge in [0.25, 0.3) is 5.91 Å². The average molecular weight is 294 g/mol. The van der Waals surface area contributed by atoms with Crippen molar-refractivity contribution < 1.29 is 9.53 Å². The zero-order valence-electron chi connectivity index (χ0n) is 11.2. The summed E-state index contributed by atoms with van der Waals surface area (Å²) in [6, 6.07) is 5.72. The molecule has 3 rings (SSSR count). The van der Waals surface area contributed by atoms with Crippen LogP contribution in [0.4, 0.5) is 0 Å². The van der Waals surface area contributed by atoms with Crippen LogP contribution in [0.25, 0.3) is 5.52 Å². The number of pyridine rings is 1. The minimum absolute atomic E-state index is 0.0166. The summed E-state index contributed by atoms with van der Waals surface area (Å²) in [4.78, 5) is 14.5. The van der Waals surface area contributed by atoms with E-state index in [2.05, 4.69) is 5.10 Å². The van der Waals surface area contributed by atoms with Crippen LogP contribution < -0.4 is 0 Å². The first-order chi connectivity index (χ1) is 9.70. The highest BCUT2D eigenvalue weighted by Gasteiger charge is 2.31. The van der Waals surface area contributed by atoms with Gasteiger partial charge in [0.15, 0.2) is 0 Å². The number of carbonyl (C=O) groups is 1. The Kier molecular flexibility index (Phi) is 3.63. The number of ether oxygens (including phenoxy) is 1. The van der Waals surface area contributed by atoms with Gasteiger partial charge in [-0.2, -0.15) is 5.10 Å². The molecule has 1 aliphatic heterocycles. The largest absolute Gasteiger partial charge is 0.373 e. The molecular formula is C14H16ClN3O2. The second-order valence-corrected chi connectivity index (χ2v) is 5.31. The first-order valence-corrected chi connectivity index (χ1v) is 7.15. The van der Waals surface area contributed by atoms with Crippen LogP contribution >= 0.6 is 11.6 Å². The second kappa shape index (κ2) is 5.42. The van der Waals surface area contributed by atoms with E-state index in [1.165, 1.54) is 0 Å². The van der Waals surface area contributed by atoms with Crippen LogP contribution in [0.5, 0.6) is 0 Å². The lowest BCUT2D eigenvalue weighted by atomic mass is 10.1. The number of alkyl halides is 1. The monoisotopic (exact) mass is 293 g/mol. The predicted octanol–water partition coefficient (Wildman–Crippen LogP) is 1.80. The van der Waals surface area contributed by atoms with Gasteiger partial charge in [-0.3, -0.25) is 4.79 Å². The second-order valence-electron chi connectivity index (χ2n) is 5.00. The lowest BCUT2D eigenvalue weighted by molar-refractivity contribution is -0.0371. The van der Waals surface area contributed by atoms with Crippen LogP contribution in [-0.2, 0) is 4.74 Å². The van der Waals surface area contributed by atoms with Crippen LogP contribution in [0.15, 0.2) is 30.6 Å². The molecule has 1 amide bonds. The topological polar surface area (TPSA) is 46.8 Å². The fourth-order valence-corrected chi connectivity index (χ4v) is 2.63. The molecule has 2 aromatic heterocycles. The number of fused-ring (bicyclic) bond motifs is 1. The van der Waals surface area contributed by atoms with Gasteiger partial charge in [0.2, 0.25) is 0 Å². The van der Waals surface area contributed by atoms with Crippen molar-refractivity contribution in [3.8, 4) is 0 Å². The summed E-state index contributed by atoms with van der Waals surface area (Å²) in [5.74, 6) is 0.378. The summed E-state index contributed by atoms with van der Waals surface area (Å²) in [7, 11) is 0. The third-order valence-corrected chi connectivity index (χ3v) is 3.94. The maximum Gasteiger partial charge on any atom is 0.258 e. The number of aromatic nitrogens is 2. The standard InChI is InChI=1S/C14H16ClN3O2/c1-10-9-20-11(6-15)8-17(10)14(19)12-7-16-18-5-3-2-4-13(12)18/h2-5,7,10-11H,6,8-9H2,1H3. The maximum atomic E-state index is 12.7. The number of carbonyl (C=O) groups excluding carboxylic acids is 1. The van der Waals surface area contributed by atoms with Crippen molar-refractivity contribution in [3.63, 3.8) is 0 Å². The molecule has 0 aromatic carbocycles. The smallest absolute Gasteiger partial charge is 0.258 e. The zero-order chi connectivity index (χ0) is 14.1. The summed E-state index contributed by atoms with van der Waals surface area (Å²) in [5.41, 5.74) is 1.44. The average Bonchev–Trinajstić information content (AvgIpc) is 2.91. The Morgan fingerprint density at radius 1 is 1.55 bits per heavy atom. The highest BCUT2D eigenvalue weighted by atomic mass is 35.5. The fraction of sp³-hybridized carbons (Fsp3) is 0.429.